The van der Waals surface area contributed by atoms with E-state index in [1.54, 1.807) is 23.1 Å². The number of nitrogens with two attached hydrogens (primary N) is 1. The molecule has 1 aliphatic heterocycles. The Labute approximate surface area is 192 Å². The minimum atomic E-state index is -0.803. The number of aromatic nitrogens is 1. The Kier molecular flexibility index (Phi) is 6.44. The first kappa shape index (κ1) is 22.9. The predicted molar refractivity (Wildman–Crippen MR) is 121 cm³/mol. The van der Waals surface area contributed by atoms with E-state index < -0.39 is 11.4 Å². The molecule has 33 heavy (non-hydrogen) atoms. The van der Waals surface area contributed by atoms with Crippen LogP contribution in [0.15, 0.2) is 36.4 Å². The van der Waals surface area contributed by atoms with E-state index in [1.165, 1.54) is 19.1 Å². The zero-order valence-electron chi connectivity index (χ0n) is 18.8. The fraction of sp³-hybridized carbons (Fsp3) is 0.440. The van der Waals surface area contributed by atoms with E-state index in [0.717, 1.165) is 29.7 Å². The molecule has 0 bridgehead atoms. The van der Waals surface area contributed by atoms with Gasteiger partial charge < -0.3 is 16.0 Å². The zero-order valence-corrected chi connectivity index (χ0v) is 18.8. The molecular formula is C25H29FN4O3. The smallest absolute Gasteiger partial charge is 0.270 e. The number of carbonyl (C=O) groups excluding carboxylic acids is 3. The van der Waals surface area contributed by atoms with Crippen LogP contribution in [0.4, 0.5) is 4.39 Å². The van der Waals surface area contributed by atoms with Gasteiger partial charge in [-0.3, -0.25) is 14.4 Å². The van der Waals surface area contributed by atoms with E-state index in [1.807, 2.05) is 6.07 Å². The summed E-state index contributed by atoms with van der Waals surface area (Å²) in [7, 11) is 0. The van der Waals surface area contributed by atoms with Crippen LogP contribution in [-0.2, 0) is 16.0 Å². The molecule has 1 saturated heterocycles. The fourth-order valence-corrected chi connectivity index (χ4v) is 4.58. The van der Waals surface area contributed by atoms with Crippen LogP contribution in [0.3, 0.4) is 0 Å². The van der Waals surface area contributed by atoms with E-state index >= 15 is 0 Å². The van der Waals surface area contributed by atoms with Crippen LogP contribution in [0, 0.1) is 5.82 Å². The fourth-order valence-electron chi connectivity index (χ4n) is 4.58. The van der Waals surface area contributed by atoms with Gasteiger partial charge in [-0.1, -0.05) is 18.2 Å². The van der Waals surface area contributed by atoms with Crippen LogP contribution in [0.5, 0.6) is 0 Å². The Morgan fingerprint density at radius 1 is 1.12 bits per heavy atom. The van der Waals surface area contributed by atoms with Crippen LogP contribution in [0.2, 0.25) is 0 Å². The van der Waals surface area contributed by atoms with Gasteiger partial charge >= 0.3 is 0 Å². The van der Waals surface area contributed by atoms with Crippen molar-refractivity contribution in [2.24, 2.45) is 5.73 Å². The van der Waals surface area contributed by atoms with Crippen molar-refractivity contribution in [2.45, 2.75) is 56.9 Å². The number of amides is 3. The lowest BCUT2D eigenvalue weighted by Gasteiger charge is -2.41. The number of hydrogen-bond acceptors (Lipinski definition) is 4. The molecule has 0 spiro atoms. The first-order chi connectivity index (χ1) is 15.7. The maximum atomic E-state index is 13.3. The highest BCUT2D eigenvalue weighted by Gasteiger charge is 2.38. The van der Waals surface area contributed by atoms with Gasteiger partial charge in [0.15, 0.2) is 0 Å². The van der Waals surface area contributed by atoms with E-state index in [9.17, 15) is 18.8 Å². The highest BCUT2D eigenvalue weighted by Crippen LogP contribution is 2.41. The number of halogens is 1. The number of benzene rings is 1. The third kappa shape index (κ3) is 5.56. The summed E-state index contributed by atoms with van der Waals surface area (Å²) < 4.78 is 13.3. The normalized spacial score (nSPS) is 17.5. The molecule has 2 fully saturated rings. The molecule has 0 unspecified atom stereocenters. The molecule has 1 aromatic heterocycles. The summed E-state index contributed by atoms with van der Waals surface area (Å²) in [6.07, 6.45) is 3.60. The molecular weight excluding hydrogens is 423 g/mol. The van der Waals surface area contributed by atoms with Crippen molar-refractivity contribution in [3.8, 4) is 0 Å². The Morgan fingerprint density at radius 2 is 1.79 bits per heavy atom. The molecule has 7 nitrogen and oxygen atoms in total. The lowest BCUT2D eigenvalue weighted by Crippen LogP contribution is -2.57. The first-order valence-electron chi connectivity index (χ1n) is 11.4. The van der Waals surface area contributed by atoms with Gasteiger partial charge in [0.25, 0.3) is 5.91 Å². The van der Waals surface area contributed by atoms with Crippen molar-refractivity contribution < 1.29 is 18.8 Å². The minimum Gasteiger partial charge on any atom is -0.370 e. The number of pyridine rings is 1. The van der Waals surface area contributed by atoms with Crippen molar-refractivity contribution >= 4 is 17.7 Å². The molecule has 1 aliphatic carbocycles. The van der Waals surface area contributed by atoms with Crippen molar-refractivity contribution in [3.05, 3.63) is 64.7 Å². The first-order valence-corrected chi connectivity index (χ1v) is 11.4. The summed E-state index contributed by atoms with van der Waals surface area (Å²) in [6.45, 7) is 2.41. The molecule has 0 radical (unpaired) electrons. The number of rotatable bonds is 7. The molecule has 2 aliphatic rings. The van der Waals surface area contributed by atoms with E-state index in [-0.39, 0.29) is 29.7 Å². The van der Waals surface area contributed by atoms with Gasteiger partial charge in [-0.15, -0.1) is 0 Å². The number of hydrogen-bond donors (Lipinski definition) is 2. The SMILES string of the molecule is CC(=O)N1CCC(CC(N)=O)(NC(=O)c2ccc(C3CC3)c(Cc3ccc(F)cc3)n2)CC1. The summed E-state index contributed by atoms with van der Waals surface area (Å²) in [5.41, 5.74) is 7.81. The summed E-state index contributed by atoms with van der Waals surface area (Å²) in [5, 5.41) is 3.01. The summed E-state index contributed by atoms with van der Waals surface area (Å²) in [6, 6.07) is 9.97. The number of nitrogens with zero attached hydrogens (tertiary/aromatic N) is 2. The molecule has 2 aromatic rings. The summed E-state index contributed by atoms with van der Waals surface area (Å²) in [5.74, 6) is -0.743. The molecule has 174 valence electrons. The zero-order chi connectivity index (χ0) is 23.6. The van der Waals surface area contributed by atoms with Gasteiger partial charge in [-0.05, 0) is 60.9 Å². The topological polar surface area (TPSA) is 105 Å². The maximum Gasteiger partial charge on any atom is 0.270 e. The van der Waals surface area contributed by atoms with E-state index in [0.29, 0.717) is 38.3 Å². The van der Waals surface area contributed by atoms with E-state index in [2.05, 4.69) is 10.3 Å². The highest BCUT2D eigenvalue weighted by atomic mass is 19.1. The average molecular weight is 453 g/mol. The van der Waals surface area contributed by atoms with Gasteiger partial charge in [-0.2, -0.15) is 0 Å². The van der Waals surface area contributed by atoms with Crippen LogP contribution < -0.4 is 11.1 Å². The Balaban J connectivity index is 1.55. The Hall–Kier alpha value is -3.29. The minimum absolute atomic E-state index is 0.00702. The number of carbonyl (C=O) groups is 3. The molecule has 2 heterocycles. The van der Waals surface area contributed by atoms with Crippen molar-refractivity contribution in [1.82, 2.24) is 15.2 Å². The number of likely N-dealkylation sites (tertiary alicyclic amines) is 1. The Morgan fingerprint density at radius 3 is 2.36 bits per heavy atom. The van der Waals surface area contributed by atoms with Crippen LogP contribution in [-0.4, -0.2) is 46.2 Å². The van der Waals surface area contributed by atoms with Crippen LogP contribution in [0.25, 0.3) is 0 Å². The second-order valence-corrected chi connectivity index (χ2v) is 9.19. The lowest BCUT2D eigenvalue weighted by molar-refractivity contribution is -0.130. The van der Waals surface area contributed by atoms with E-state index in [4.69, 9.17) is 5.73 Å². The summed E-state index contributed by atoms with van der Waals surface area (Å²) in [4.78, 5) is 43.0. The molecule has 1 saturated carbocycles. The molecule has 3 amide bonds. The molecule has 3 N–H and O–H groups in total. The van der Waals surface area contributed by atoms with Gasteiger partial charge in [0.1, 0.15) is 11.5 Å². The number of piperidine rings is 1. The van der Waals surface area contributed by atoms with Crippen molar-refractivity contribution in [3.63, 3.8) is 0 Å². The van der Waals surface area contributed by atoms with Gasteiger partial charge in [0, 0.05) is 38.5 Å². The Bertz CT molecular complexity index is 1060. The second-order valence-electron chi connectivity index (χ2n) is 9.19. The molecule has 0 atom stereocenters. The molecule has 4 rings (SSSR count). The predicted octanol–water partition coefficient (Wildman–Crippen LogP) is 2.68. The third-order valence-corrected chi connectivity index (χ3v) is 6.60. The summed E-state index contributed by atoms with van der Waals surface area (Å²) >= 11 is 0. The van der Waals surface area contributed by atoms with Gasteiger partial charge in [-0.25, -0.2) is 9.37 Å². The largest absolute Gasteiger partial charge is 0.370 e. The van der Waals surface area contributed by atoms with Crippen LogP contribution in [0.1, 0.15) is 72.3 Å². The molecule has 8 heteroatoms. The lowest BCUT2D eigenvalue weighted by atomic mass is 9.83. The number of nitrogens with one attached hydrogen (secondary N) is 1. The monoisotopic (exact) mass is 452 g/mol. The average Bonchev–Trinajstić information content (AvgIpc) is 3.60. The maximum absolute atomic E-state index is 13.3. The third-order valence-electron chi connectivity index (χ3n) is 6.60. The second kappa shape index (κ2) is 9.29. The van der Waals surface area contributed by atoms with Gasteiger partial charge in [0.2, 0.25) is 11.8 Å². The van der Waals surface area contributed by atoms with Crippen LogP contribution >= 0.6 is 0 Å². The quantitative estimate of drug-likeness (QED) is 0.674. The van der Waals surface area contributed by atoms with Crippen molar-refractivity contribution in [2.75, 3.05) is 13.1 Å². The standard InChI is InChI=1S/C25H29FN4O3/c1-16(31)30-12-10-25(11-13-30,15-23(27)32)29-24(33)21-9-8-20(18-4-5-18)22(28-21)14-17-2-6-19(26)7-3-17/h2-3,6-9,18H,4-5,10-15H2,1H3,(H2,27,32)(H,29,33). The van der Waals surface area contributed by atoms with Gasteiger partial charge in [0.05, 0.1) is 5.54 Å². The highest BCUT2D eigenvalue weighted by molar-refractivity contribution is 5.93. The number of primary amides is 1. The molecule has 1 aromatic carbocycles. The van der Waals surface area contributed by atoms with Crippen molar-refractivity contribution in [1.29, 1.82) is 0 Å².